The molecule has 0 bridgehead atoms. The molecule has 1 N–H and O–H groups in total. The molecule has 0 aromatic heterocycles. The van der Waals surface area contributed by atoms with Crippen molar-refractivity contribution in [2.45, 2.75) is 64.0 Å². The average Bonchev–Trinajstić information content (AvgIpc) is 2.75. The molecule has 1 heterocycles. The first-order valence-electron chi connectivity index (χ1n) is 10.8. The molecule has 3 atom stereocenters. The average molecular weight is 451 g/mol. The van der Waals surface area contributed by atoms with Crippen molar-refractivity contribution >= 4 is 15.9 Å². The Balaban J connectivity index is 2.56. The maximum Gasteiger partial charge on any atom is 0.247 e. The molecule has 31 heavy (non-hydrogen) atoms. The Bertz CT molecular complexity index is 935. The van der Waals surface area contributed by atoms with Crippen molar-refractivity contribution in [2.24, 2.45) is 5.92 Å². The van der Waals surface area contributed by atoms with Crippen LogP contribution in [0.25, 0.3) is 0 Å². The molecule has 1 amide bonds. The van der Waals surface area contributed by atoms with Gasteiger partial charge in [-0.1, -0.05) is 32.6 Å². The molecular weight excluding hydrogens is 416 g/mol. The Morgan fingerprint density at radius 1 is 1.39 bits per heavy atom. The van der Waals surface area contributed by atoms with Gasteiger partial charge < -0.3 is 14.7 Å². The maximum absolute atomic E-state index is 13.4. The van der Waals surface area contributed by atoms with Gasteiger partial charge in [0, 0.05) is 44.0 Å². The molecule has 1 aliphatic rings. The van der Waals surface area contributed by atoms with Crippen LogP contribution in [0.4, 0.5) is 0 Å². The number of sulfonamides is 1. The number of rotatable bonds is 6. The number of amides is 1. The maximum atomic E-state index is 13.4. The predicted octanol–water partition coefficient (Wildman–Crippen LogP) is 2.48. The third-order valence-electron chi connectivity index (χ3n) is 5.46. The molecule has 0 saturated heterocycles. The minimum Gasteiger partial charge on any atom is -0.487 e. The molecule has 0 unspecified atom stereocenters. The van der Waals surface area contributed by atoms with E-state index in [1.807, 2.05) is 13.8 Å². The lowest BCUT2D eigenvalue weighted by atomic mass is 10.0. The molecule has 1 aliphatic heterocycles. The molecular formula is C23H34N2O5S. The lowest BCUT2D eigenvalue weighted by molar-refractivity contribution is -0.131. The molecule has 0 saturated carbocycles. The van der Waals surface area contributed by atoms with Crippen molar-refractivity contribution in [3.63, 3.8) is 0 Å². The number of nitrogens with zero attached hydrogens (tertiary/aromatic N) is 2. The lowest BCUT2D eigenvalue weighted by Gasteiger charge is -2.37. The Labute approximate surface area is 186 Å². The first kappa shape index (κ1) is 25.2. The van der Waals surface area contributed by atoms with Crippen LogP contribution in [-0.2, 0) is 14.8 Å². The van der Waals surface area contributed by atoms with Gasteiger partial charge in [-0.2, -0.15) is 4.31 Å². The SMILES string of the molecule is CCCC#Cc1ccc2c(c1)O[C@@H](CN(C)C(=O)CC)[C@H](C)CN([C@H](C)CO)S2(=O)=O. The van der Waals surface area contributed by atoms with Gasteiger partial charge in [-0.25, -0.2) is 8.42 Å². The molecule has 1 aromatic carbocycles. The van der Waals surface area contributed by atoms with Gasteiger partial charge in [-0.15, -0.1) is 0 Å². The second-order valence-electron chi connectivity index (χ2n) is 8.08. The van der Waals surface area contributed by atoms with Crippen LogP contribution in [0.3, 0.4) is 0 Å². The van der Waals surface area contributed by atoms with Gasteiger partial charge in [-0.05, 0) is 31.5 Å². The summed E-state index contributed by atoms with van der Waals surface area (Å²) in [5, 5.41) is 9.69. The summed E-state index contributed by atoms with van der Waals surface area (Å²) in [6.45, 7) is 7.65. The van der Waals surface area contributed by atoms with Crippen molar-refractivity contribution in [2.75, 3.05) is 26.7 Å². The number of likely N-dealkylation sites (N-methyl/N-ethyl adjacent to an activating group) is 1. The van der Waals surface area contributed by atoms with Gasteiger partial charge in [0.15, 0.2) is 0 Å². The first-order chi connectivity index (χ1) is 14.6. The van der Waals surface area contributed by atoms with Crippen LogP contribution < -0.4 is 4.74 Å². The first-order valence-corrected chi connectivity index (χ1v) is 12.3. The zero-order valence-electron chi connectivity index (χ0n) is 19.1. The Hall–Kier alpha value is -2.08. The third-order valence-corrected chi connectivity index (χ3v) is 7.48. The lowest BCUT2D eigenvalue weighted by Crippen LogP contribution is -2.50. The highest BCUT2D eigenvalue weighted by molar-refractivity contribution is 7.89. The van der Waals surface area contributed by atoms with E-state index in [-0.39, 0.29) is 35.6 Å². The summed E-state index contributed by atoms with van der Waals surface area (Å²) in [6.07, 6.45) is 1.66. The van der Waals surface area contributed by atoms with Crippen LogP contribution in [0.5, 0.6) is 5.75 Å². The largest absolute Gasteiger partial charge is 0.487 e. The zero-order valence-corrected chi connectivity index (χ0v) is 19.9. The fourth-order valence-electron chi connectivity index (χ4n) is 3.45. The van der Waals surface area contributed by atoms with E-state index in [0.29, 0.717) is 18.5 Å². The molecule has 1 aromatic rings. The fourth-order valence-corrected chi connectivity index (χ4v) is 5.28. The van der Waals surface area contributed by atoms with Gasteiger partial charge in [-0.3, -0.25) is 4.79 Å². The highest BCUT2D eigenvalue weighted by Gasteiger charge is 2.38. The predicted molar refractivity (Wildman–Crippen MR) is 120 cm³/mol. The van der Waals surface area contributed by atoms with Gasteiger partial charge in [0.05, 0.1) is 13.2 Å². The topological polar surface area (TPSA) is 87.2 Å². The molecule has 0 fully saturated rings. The highest BCUT2D eigenvalue weighted by atomic mass is 32.2. The van der Waals surface area contributed by atoms with Gasteiger partial charge >= 0.3 is 0 Å². The normalized spacial score (nSPS) is 21.5. The van der Waals surface area contributed by atoms with Crippen molar-refractivity contribution < 1.29 is 23.1 Å². The van der Waals surface area contributed by atoms with Gasteiger partial charge in [0.1, 0.15) is 16.7 Å². The van der Waals surface area contributed by atoms with E-state index < -0.39 is 22.2 Å². The quantitative estimate of drug-likeness (QED) is 0.673. The number of unbranched alkanes of at least 4 members (excludes halogenated alkanes) is 1. The number of hydrogen-bond acceptors (Lipinski definition) is 5. The number of fused-ring (bicyclic) bond motifs is 1. The molecule has 8 heteroatoms. The summed E-state index contributed by atoms with van der Waals surface area (Å²) in [6, 6.07) is 4.27. The minimum absolute atomic E-state index is 0.00882. The second-order valence-corrected chi connectivity index (χ2v) is 9.94. The van der Waals surface area contributed by atoms with Crippen LogP contribution in [-0.4, -0.2) is 67.5 Å². The number of ether oxygens (including phenoxy) is 1. The minimum atomic E-state index is -3.88. The summed E-state index contributed by atoms with van der Waals surface area (Å²) >= 11 is 0. The molecule has 0 spiro atoms. The van der Waals surface area contributed by atoms with Crippen molar-refractivity contribution in [3.05, 3.63) is 23.8 Å². The Morgan fingerprint density at radius 3 is 2.71 bits per heavy atom. The van der Waals surface area contributed by atoms with E-state index in [9.17, 15) is 18.3 Å². The highest BCUT2D eigenvalue weighted by Crippen LogP contribution is 2.34. The van der Waals surface area contributed by atoms with Crippen LogP contribution in [0.1, 0.15) is 52.5 Å². The third kappa shape index (κ3) is 6.00. The monoisotopic (exact) mass is 450 g/mol. The van der Waals surface area contributed by atoms with Crippen LogP contribution in [0.2, 0.25) is 0 Å². The fraction of sp³-hybridized carbons (Fsp3) is 0.609. The van der Waals surface area contributed by atoms with Crippen LogP contribution >= 0.6 is 0 Å². The van der Waals surface area contributed by atoms with E-state index in [4.69, 9.17) is 4.74 Å². The van der Waals surface area contributed by atoms with Gasteiger partial charge in [0.2, 0.25) is 15.9 Å². The number of benzene rings is 1. The number of hydrogen-bond donors (Lipinski definition) is 1. The second kappa shape index (κ2) is 11.0. The van der Waals surface area contributed by atoms with E-state index in [2.05, 4.69) is 11.8 Å². The summed E-state index contributed by atoms with van der Waals surface area (Å²) < 4.78 is 34.4. The van der Waals surface area contributed by atoms with E-state index in [0.717, 1.165) is 12.8 Å². The number of carbonyl (C=O) groups is 1. The standard InChI is InChI=1S/C23H34N2O5S/c1-6-8-9-10-19-11-12-22-20(13-19)30-21(15-24(5)23(27)7-2)17(3)14-25(18(4)16-26)31(22,28)29/h11-13,17-18,21,26H,6-8,14-16H2,1-5H3/t17-,18-,21+/m1/s1. The van der Waals surface area contributed by atoms with Crippen molar-refractivity contribution in [1.82, 2.24) is 9.21 Å². The zero-order chi connectivity index (χ0) is 23.2. The molecule has 0 radical (unpaired) electrons. The van der Waals surface area contributed by atoms with Crippen molar-refractivity contribution in [1.29, 1.82) is 0 Å². The molecule has 0 aliphatic carbocycles. The smallest absolute Gasteiger partial charge is 0.247 e. The molecule has 2 rings (SSSR count). The summed E-state index contributed by atoms with van der Waals surface area (Å²) in [7, 11) is -2.16. The Kier molecular flexibility index (Phi) is 8.92. The number of aliphatic hydroxyl groups excluding tert-OH is 1. The molecule has 7 nitrogen and oxygen atoms in total. The summed E-state index contributed by atoms with van der Waals surface area (Å²) in [4.78, 5) is 13.8. The van der Waals surface area contributed by atoms with Crippen LogP contribution in [0.15, 0.2) is 23.1 Å². The Morgan fingerprint density at radius 2 is 2.10 bits per heavy atom. The van der Waals surface area contributed by atoms with Gasteiger partial charge in [0.25, 0.3) is 0 Å². The van der Waals surface area contributed by atoms with Crippen LogP contribution in [0, 0.1) is 17.8 Å². The van der Waals surface area contributed by atoms with Crippen molar-refractivity contribution in [3.8, 4) is 17.6 Å². The van der Waals surface area contributed by atoms with E-state index in [1.165, 1.54) is 10.4 Å². The summed E-state index contributed by atoms with van der Waals surface area (Å²) in [5.74, 6) is 6.13. The molecule has 172 valence electrons. The van der Waals surface area contributed by atoms with E-state index in [1.54, 1.807) is 37.9 Å². The number of aliphatic hydroxyl groups is 1. The summed E-state index contributed by atoms with van der Waals surface area (Å²) in [5.41, 5.74) is 0.675. The van der Waals surface area contributed by atoms with E-state index >= 15 is 0 Å². The number of carbonyl (C=O) groups excluding carboxylic acids is 1.